The molecule has 2 unspecified atom stereocenters. The molecule has 0 bridgehead atoms. The Balaban J connectivity index is 2.80. The monoisotopic (exact) mass is 247 g/mol. The molecule has 2 atom stereocenters. The first kappa shape index (κ1) is 12.8. The second-order valence-electron chi connectivity index (χ2n) is 3.69. The van der Waals surface area contributed by atoms with Crippen molar-refractivity contribution >= 4 is 23.2 Å². The maximum absolute atomic E-state index is 9.45. The summed E-state index contributed by atoms with van der Waals surface area (Å²) in [4.78, 5) is 0. The highest BCUT2D eigenvalue weighted by molar-refractivity contribution is 6.33. The Bertz CT molecular complexity index is 330. The van der Waals surface area contributed by atoms with Crippen LogP contribution in [0, 0.1) is 0 Å². The minimum atomic E-state index is -0.491. The second kappa shape index (κ2) is 5.71. The highest BCUT2D eigenvalue weighted by atomic mass is 35.5. The molecule has 0 saturated carbocycles. The Morgan fingerprint density at radius 1 is 1.40 bits per heavy atom. The first-order chi connectivity index (χ1) is 7.04. The van der Waals surface area contributed by atoms with Gasteiger partial charge in [-0.3, -0.25) is 0 Å². The molecule has 3 N–H and O–H groups in total. The molecule has 0 fully saturated rings. The lowest BCUT2D eigenvalue weighted by molar-refractivity contribution is 0.165. The summed E-state index contributed by atoms with van der Waals surface area (Å²) in [7, 11) is 0. The molecule has 15 heavy (non-hydrogen) atoms. The molecular weight excluding hydrogens is 233 g/mol. The van der Waals surface area contributed by atoms with E-state index in [0.717, 1.165) is 5.56 Å². The van der Waals surface area contributed by atoms with Gasteiger partial charge in [-0.15, -0.1) is 0 Å². The standard InChI is InChI=1S/C11H15Cl2NO/c1-7(4-9(15)6-14)10-5-8(12)2-3-11(10)13/h2-3,5,7,9,15H,4,6,14H2,1H3. The van der Waals surface area contributed by atoms with E-state index in [1.807, 2.05) is 13.0 Å². The third-order valence-corrected chi connectivity index (χ3v) is 2.97. The summed E-state index contributed by atoms with van der Waals surface area (Å²) in [6.07, 6.45) is 0.103. The number of aliphatic hydroxyl groups is 1. The van der Waals surface area contributed by atoms with Crippen molar-refractivity contribution in [3.63, 3.8) is 0 Å². The van der Waals surface area contributed by atoms with E-state index in [4.69, 9.17) is 28.9 Å². The van der Waals surface area contributed by atoms with Crippen LogP contribution in [-0.4, -0.2) is 17.8 Å². The second-order valence-corrected chi connectivity index (χ2v) is 4.54. The third-order valence-electron chi connectivity index (χ3n) is 2.39. The van der Waals surface area contributed by atoms with Crippen LogP contribution in [0.15, 0.2) is 18.2 Å². The van der Waals surface area contributed by atoms with Crippen LogP contribution in [-0.2, 0) is 0 Å². The summed E-state index contributed by atoms with van der Waals surface area (Å²) in [6.45, 7) is 2.26. The molecule has 4 heteroatoms. The fourth-order valence-corrected chi connectivity index (χ4v) is 2.01. The van der Waals surface area contributed by atoms with Crippen LogP contribution in [0.1, 0.15) is 24.8 Å². The largest absolute Gasteiger partial charge is 0.392 e. The number of benzene rings is 1. The van der Waals surface area contributed by atoms with E-state index in [1.54, 1.807) is 12.1 Å². The quantitative estimate of drug-likeness (QED) is 0.860. The fourth-order valence-electron chi connectivity index (χ4n) is 1.52. The molecule has 0 heterocycles. The average Bonchev–Trinajstić information content (AvgIpc) is 2.21. The first-order valence-electron chi connectivity index (χ1n) is 4.87. The van der Waals surface area contributed by atoms with Crippen molar-refractivity contribution in [1.29, 1.82) is 0 Å². The predicted octanol–water partition coefficient (Wildman–Crippen LogP) is 2.81. The van der Waals surface area contributed by atoms with Gasteiger partial charge in [0.1, 0.15) is 0 Å². The SMILES string of the molecule is CC(CC(O)CN)c1cc(Cl)ccc1Cl. The minimum absolute atomic E-state index is 0.148. The zero-order valence-corrected chi connectivity index (χ0v) is 10.1. The zero-order chi connectivity index (χ0) is 11.4. The van der Waals surface area contributed by atoms with Crippen molar-refractivity contribution in [3.8, 4) is 0 Å². The molecular formula is C11H15Cl2NO. The number of hydrogen-bond donors (Lipinski definition) is 2. The van der Waals surface area contributed by atoms with E-state index < -0.39 is 6.10 Å². The van der Waals surface area contributed by atoms with Gasteiger partial charge in [0, 0.05) is 16.6 Å². The predicted molar refractivity (Wildman–Crippen MR) is 64.6 cm³/mol. The van der Waals surface area contributed by atoms with Crippen LogP contribution in [0.2, 0.25) is 10.0 Å². The van der Waals surface area contributed by atoms with Gasteiger partial charge >= 0.3 is 0 Å². The summed E-state index contributed by atoms with van der Waals surface area (Å²) in [5.41, 5.74) is 6.31. The van der Waals surface area contributed by atoms with E-state index in [9.17, 15) is 5.11 Å². The maximum atomic E-state index is 9.45. The molecule has 0 saturated heterocycles. The molecule has 0 aromatic heterocycles. The van der Waals surface area contributed by atoms with E-state index >= 15 is 0 Å². The summed E-state index contributed by atoms with van der Waals surface area (Å²) in [6, 6.07) is 5.35. The van der Waals surface area contributed by atoms with Crippen molar-refractivity contribution in [2.45, 2.75) is 25.4 Å². The van der Waals surface area contributed by atoms with Gasteiger partial charge < -0.3 is 10.8 Å². The van der Waals surface area contributed by atoms with E-state index in [1.165, 1.54) is 0 Å². The molecule has 1 aromatic carbocycles. The lowest BCUT2D eigenvalue weighted by atomic mass is 9.95. The Morgan fingerprint density at radius 3 is 2.67 bits per heavy atom. The minimum Gasteiger partial charge on any atom is -0.392 e. The van der Waals surface area contributed by atoms with Crippen LogP contribution in [0.25, 0.3) is 0 Å². The van der Waals surface area contributed by atoms with Gasteiger partial charge in [-0.1, -0.05) is 30.1 Å². The molecule has 0 amide bonds. The van der Waals surface area contributed by atoms with Gasteiger partial charge in [0.05, 0.1) is 6.10 Å². The summed E-state index contributed by atoms with van der Waals surface area (Å²) >= 11 is 11.9. The Hall–Kier alpha value is -0.280. The van der Waals surface area contributed by atoms with Crippen LogP contribution in [0.5, 0.6) is 0 Å². The van der Waals surface area contributed by atoms with Crippen molar-refractivity contribution in [2.24, 2.45) is 5.73 Å². The van der Waals surface area contributed by atoms with Crippen molar-refractivity contribution in [2.75, 3.05) is 6.54 Å². The lowest BCUT2D eigenvalue weighted by Gasteiger charge is -2.16. The van der Waals surface area contributed by atoms with E-state index in [2.05, 4.69) is 0 Å². The van der Waals surface area contributed by atoms with Crippen LogP contribution in [0.3, 0.4) is 0 Å². The number of aliphatic hydroxyl groups excluding tert-OH is 1. The van der Waals surface area contributed by atoms with Gasteiger partial charge in [0.2, 0.25) is 0 Å². The third kappa shape index (κ3) is 3.65. The number of nitrogens with two attached hydrogens (primary N) is 1. The number of hydrogen-bond acceptors (Lipinski definition) is 2. The Labute approximate surface area is 100.0 Å². The van der Waals surface area contributed by atoms with Crippen molar-refractivity contribution in [3.05, 3.63) is 33.8 Å². The topological polar surface area (TPSA) is 46.2 Å². The van der Waals surface area contributed by atoms with Crippen molar-refractivity contribution in [1.82, 2.24) is 0 Å². The van der Waals surface area contributed by atoms with Gasteiger partial charge in [-0.25, -0.2) is 0 Å². The summed E-state index contributed by atoms with van der Waals surface area (Å²) in [5.74, 6) is 0.148. The van der Waals surface area contributed by atoms with Crippen molar-refractivity contribution < 1.29 is 5.11 Å². The molecule has 1 aromatic rings. The average molecular weight is 248 g/mol. The normalized spacial score (nSPS) is 15.0. The van der Waals surface area contributed by atoms with Gasteiger partial charge in [-0.2, -0.15) is 0 Å². The smallest absolute Gasteiger partial charge is 0.0668 e. The molecule has 84 valence electrons. The number of halogens is 2. The van der Waals surface area contributed by atoms with E-state index in [0.29, 0.717) is 16.5 Å². The van der Waals surface area contributed by atoms with E-state index in [-0.39, 0.29) is 12.5 Å². The molecule has 0 aliphatic carbocycles. The molecule has 0 aliphatic rings. The fraction of sp³-hybridized carbons (Fsp3) is 0.455. The lowest BCUT2D eigenvalue weighted by Crippen LogP contribution is -2.21. The van der Waals surface area contributed by atoms with Gasteiger partial charge in [0.25, 0.3) is 0 Å². The Morgan fingerprint density at radius 2 is 2.07 bits per heavy atom. The molecule has 0 spiro atoms. The molecule has 1 rings (SSSR count). The van der Waals surface area contributed by atoms with Crippen LogP contribution >= 0.6 is 23.2 Å². The molecule has 0 radical (unpaired) electrons. The highest BCUT2D eigenvalue weighted by Crippen LogP contribution is 2.30. The zero-order valence-electron chi connectivity index (χ0n) is 8.58. The molecule has 0 aliphatic heterocycles. The summed E-state index contributed by atoms with van der Waals surface area (Å²) < 4.78 is 0. The maximum Gasteiger partial charge on any atom is 0.0668 e. The van der Waals surface area contributed by atoms with Gasteiger partial charge in [0.15, 0.2) is 0 Å². The Kier molecular flexibility index (Phi) is 4.87. The van der Waals surface area contributed by atoms with Gasteiger partial charge in [-0.05, 0) is 36.1 Å². The summed E-state index contributed by atoms with van der Waals surface area (Å²) in [5, 5.41) is 10.8. The first-order valence-corrected chi connectivity index (χ1v) is 5.63. The highest BCUT2D eigenvalue weighted by Gasteiger charge is 2.14. The number of rotatable bonds is 4. The molecule has 2 nitrogen and oxygen atoms in total. The van der Waals surface area contributed by atoms with Crippen LogP contribution in [0.4, 0.5) is 0 Å². The van der Waals surface area contributed by atoms with Crippen LogP contribution < -0.4 is 5.73 Å².